The van der Waals surface area contributed by atoms with E-state index in [1.807, 2.05) is 13.8 Å². The minimum absolute atomic E-state index is 0.0541. The molecule has 0 aromatic rings. The normalized spacial score (nSPS) is 20.6. The number of nitrogens with zero attached hydrogens (tertiary/aromatic N) is 1. The zero-order valence-corrected chi connectivity index (χ0v) is 12.7. The number of Topliss-reactive ketones (excluding diaryl/α,β-unsaturated/α-hetero) is 1. The second kappa shape index (κ2) is 7.25. The van der Waals surface area contributed by atoms with E-state index in [9.17, 15) is 4.79 Å². The fraction of sp³-hybridized carbons (Fsp3) is 0.933. The van der Waals surface area contributed by atoms with Gasteiger partial charge in [0.15, 0.2) is 5.78 Å². The first-order chi connectivity index (χ1) is 8.40. The van der Waals surface area contributed by atoms with Crippen molar-refractivity contribution < 1.29 is 4.79 Å². The summed E-state index contributed by atoms with van der Waals surface area (Å²) in [6, 6.07) is 0.433. The lowest BCUT2D eigenvalue weighted by atomic mass is 9.86. The third-order valence-corrected chi connectivity index (χ3v) is 3.85. The number of piperidine rings is 1. The van der Waals surface area contributed by atoms with E-state index in [-0.39, 0.29) is 12.0 Å². The molecule has 1 N–H and O–H groups in total. The molecule has 1 saturated heterocycles. The van der Waals surface area contributed by atoms with Crippen LogP contribution in [0.25, 0.3) is 0 Å². The van der Waals surface area contributed by atoms with Crippen LogP contribution in [0, 0.1) is 11.8 Å². The van der Waals surface area contributed by atoms with Crippen molar-refractivity contribution in [2.45, 2.75) is 59.0 Å². The third-order valence-electron chi connectivity index (χ3n) is 3.85. The number of rotatable bonds is 6. The van der Waals surface area contributed by atoms with Crippen molar-refractivity contribution in [3.05, 3.63) is 0 Å². The van der Waals surface area contributed by atoms with E-state index in [1.165, 1.54) is 25.9 Å². The van der Waals surface area contributed by atoms with Crippen LogP contribution in [0.15, 0.2) is 0 Å². The molecule has 18 heavy (non-hydrogen) atoms. The highest BCUT2D eigenvalue weighted by atomic mass is 16.1. The molecular formula is C15H30N2O. The van der Waals surface area contributed by atoms with Crippen molar-refractivity contribution in [2.75, 3.05) is 20.1 Å². The summed E-state index contributed by atoms with van der Waals surface area (Å²) in [5.41, 5.74) is 0. The second-order valence-corrected chi connectivity index (χ2v) is 6.41. The van der Waals surface area contributed by atoms with Crippen LogP contribution in [0.5, 0.6) is 0 Å². The summed E-state index contributed by atoms with van der Waals surface area (Å²) in [7, 11) is 2.18. The van der Waals surface area contributed by atoms with Crippen molar-refractivity contribution in [1.82, 2.24) is 10.2 Å². The summed E-state index contributed by atoms with van der Waals surface area (Å²) >= 11 is 0. The minimum Gasteiger partial charge on any atom is -0.306 e. The van der Waals surface area contributed by atoms with Crippen molar-refractivity contribution in [3.63, 3.8) is 0 Å². The SMILES string of the molecule is CC(C)NC(CC1CCN(C)CC1)C(=O)C(C)C. The van der Waals surface area contributed by atoms with E-state index in [0.717, 1.165) is 6.42 Å². The Morgan fingerprint density at radius 3 is 2.22 bits per heavy atom. The molecule has 0 amide bonds. The average molecular weight is 254 g/mol. The van der Waals surface area contributed by atoms with Crippen LogP contribution in [-0.2, 0) is 4.79 Å². The average Bonchev–Trinajstić information content (AvgIpc) is 2.29. The molecule has 0 aromatic carbocycles. The Morgan fingerprint density at radius 1 is 1.22 bits per heavy atom. The van der Waals surface area contributed by atoms with Crippen LogP contribution < -0.4 is 5.32 Å². The number of hydrogen-bond donors (Lipinski definition) is 1. The number of ketones is 1. The van der Waals surface area contributed by atoms with Crippen LogP contribution in [0.1, 0.15) is 47.0 Å². The fourth-order valence-corrected chi connectivity index (χ4v) is 2.70. The Kier molecular flexibility index (Phi) is 6.30. The van der Waals surface area contributed by atoms with E-state index >= 15 is 0 Å². The van der Waals surface area contributed by atoms with Crippen LogP contribution in [0.3, 0.4) is 0 Å². The number of carbonyl (C=O) groups is 1. The van der Waals surface area contributed by atoms with Gasteiger partial charge in [-0.05, 0) is 45.3 Å². The molecule has 1 aliphatic rings. The molecule has 0 spiro atoms. The van der Waals surface area contributed by atoms with Gasteiger partial charge in [-0.3, -0.25) is 4.79 Å². The summed E-state index contributed by atoms with van der Waals surface area (Å²) in [5.74, 6) is 1.22. The van der Waals surface area contributed by atoms with Gasteiger partial charge in [-0.2, -0.15) is 0 Å². The maximum atomic E-state index is 12.2. The molecule has 0 radical (unpaired) electrons. The van der Waals surface area contributed by atoms with Gasteiger partial charge in [0.1, 0.15) is 0 Å². The van der Waals surface area contributed by atoms with Crippen molar-refractivity contribution in [1.29, 1.82) is 0 Å². The van der Waals surface area contributed by atoms with E-state index < -0.39 is 0 Å². The molecule has 1 heterocycles. The molecule has 0 aromatic heterocycles. The van der Waals surface area contributed by atoms with Crippen molar-refractivity contribution >= 4 is 5.78 Å². The van der Waals surface area contributed by atoms with Crippen molar-refractivity contribution in [2.24, 2.45) is 11.8 Å². The van der Waals surface area contributed by atoms with Gasteiger partial charge in [0, 0.05) is 12.0 Å². The van der Waals surface area contributed by atoms with Gasteiger partial charge in [0.05, 0.1) is 6.04 Å². The zero-order chi connectivity index (χ0) is 13.7. The predicted molar refractivity (Wildman–Crippen MR) is 76.7 cm³/mol. The summed E-state index contributed by atoms with van der Waals surface area (Å²) < 4.78 is 0. The van der Waals surface area contributed by atoms with E-state index in [2.05, 4.69) is 31.1 Å². The molecule has 3 nitrogen and oxygen atoms in total. The maximum Gasteiger partial charge on any atom is 0.152 e. The topological polar surface area (TPSA) is 32.3 Å². The van der Waals surface area contributed by atoms with Crippen molar-refractivity contribution in [3.8, 4) is 0 Å². The lowest BCUT2D eigenvalue weighted by Crippen LogP contribution is -2.45. The summed E-state index contributed by atoms with van der Waals surface area (Å²) in [4.78, 5) is 14.6. The predicted octanol–water partition coefficient (Wildman–Crippen LogP) is 2.31. The molecule has 1 atom stereocenters. The Morgan fingerprint density at radius 2 is 1.78 bits per heavy atom. The highest BCUT2D eigenvalue weighted by Gasteiger charge is 2.26. The second-order valence-electron chi connectivity index (χ2n) is 6.41. The Labute approximate surface area is 112 Å². The summed E-state index contributed by atoms with van der Waals surface area (Å²) in [6.07, 6.45) is 3.49. The minimum atomic E-state index is 0.0541. The first kappa shape index (κ1) is 15.6. The van der Waals surface area contributed by atoms with Gasteiger partial charge < -0.3 is 10.2 Å². The van der Waals surface area contributed by atoms with Gasteiger partial charge in [-0.1, -0.05) is 27.7 Å². The van der Waals surface area contributed by atoms with Crippen LogP contribution >= 0.6 is 0 Å². The lowest BCUT2D eigenvalue weighted by Gasteiger charge is -2.32. The largest absolute Gasteiger partial charge is 0.306 e. The van der Waals surface area contributed by atoms with Crippen LogP contribution in [-0.4, -0.2) is 42.9 Å². The molecule has 0 saturated carbocycles. The number of hydrogen-bond acceptors (Lipinski definition) is 3. The molecule has 3 heteroatoms. The number of nitrogens with one attached hydrogen (secondary N) is 1. The summed E-state index contributed by atoms with van der Waals surface area (Å²) in [5, 5.41) is 3.46. The fourth-order valence-electron chi connectivity index (χ4n) is 2.70. The first-order valence-corrected chi connectivity index (χ1v) is 7.38. The summed E-state index contributed by atoms with van der Waals surface area (Å²) in [6.45, 7) is 10.6. The highest BCUT2D eigenvalue weighted by Crippen LogP contribution is 2.22. The smallest absolute Gasteiger partial charge is 0.152 e. The number of likely N-dealkylation sites (tertiary alicyclic amines) is 1. The van der Waals surface area contributed by atoms with Gasteiger partial charge in [-0.25, -0.2) is 0 Å². The quantitative estimate of drug-likeness (QED) is 0.789. The van der Waals surface area contributed by atoms with E-state index in [4.69, 9.17) is 0 Å². The molecule has 1 rings (SSSR count). The highest BCUT2D eigenvalue weighted by molar-refractivity contribution is 5.85. The van der Waals surface area contributed by atoms with E-state index in [1.54, 1.807) is 0 Å². The molecule has 0 aliphatic carbocycles. The van der Waals surface area contributed by atoms with Crippen LogP contribution in [0.4, 0.5) is 0 Å². The Balaban J connectivity index is 2.52. The Hall–Kier alpha value is -0.410. The number of carbonyl (C=O) groups excluding carboxylic acids is 1. The monoisotopic (exact) mass is 254 g/mol. The molecule has 106 valence electrons. The van der Waals surface area contributed by atoms with Gasteiger partial charge in [0.2, 0.25) is 0 Å². The van der Waals surface area contributed by atoms with Gasteiger partial charge in [-0.15, -0.1) is 0 Å². The molecular weight excluding hydrogens is 224 g/mol. The molecule has 1 unspecified atom stereocenters. The molecule has 0 bridgehead atoms. The Bertz CT molecular complexity index is 255. The van der Waals surface area contributed by atoms with Gasteiger partial charge >= 0.3 is 0 Å². The first-order valence-electron chi connectivity index (χ1n) is 7.38. The zero-order valence-electron chi connectivity index (χ0n) is 12.7. The van der Waals surface area contributed by atoms with Crippen LogP contribution in [0.2, 0.25) is 0 Å². The molecule has 1 fully saturated rings. The standard InChI is InChI=1S/C15H30N2O/c1-11(2)15(18)14(16-12(3)4)10-13-6-8-17(5)9-7-13/h11-14,16H,6-10H2,1-5H3. The third kappa shape index (κ3) is 5.07. The van der Waals surface area contributed by atoms with E-state index in [0.29, 0.717) is 17.7 Å². The lowest BCUT2D eigenvalue weighted by molar-refractivity contribution is -0.124. The maximum absolute atomic E-state index is 12.2. The molecule has 1 aliphatic heterocycles. The van der Waals surface area contributed by atoms with Gasteiger partial charge in [0.25, 0.3) is 0 Å².